The first kappa shape index (κ1) is 15.7. The SMILES string of the molecule is O=C(O)c1ccccc1[C@@H]1N[C@@H](C(=O)O)C[C@H]2c3ccccc3N[C@H]21. The Morgan fingerprint density at radius 2 is 1.64 bits per heavy atom. The van der Waals surface area contributed by atoms with E-state index in [0.29, 0.717) is 12.0 Å². The number of hydrogen-bond acceptors (Lipinski definition) is 4. The van der Waals surface area contributed by atoms with Gasteiger partial charge in [0, 0.05) is 11.6 Å². The number of nitrogens with one attached hydrogen (secondary N) is 2. The van der Waals surface area contributed by atoms with Gasteiger partial charge in [-0.3, -0.25) is 10.1 Å². The molecule has 2 aliphatic rings. The fraction of sp³-hybridized carbons (Fsp3) is 0.263. The zero-order valence-electron chi connectivity index (χ0n) is 13.3. The van der Waals surface area contributed by atoms with Crippen molar-refractivity contribution in [1.29, 1.82) is 0 Å². The van der Waals surface area contributed by atoms with Crippen LogP contribution < -0.4 is 10.6 Å². The van der Waals surface area contributed by atoms with Gasteiger partial charge < -0.3 is 15.5 Å². The van der Waals surface area contributed by atoms with Crippen LogP contribution in [0, 0.1) is 0 Å². The molecule has 0 aromatic heterocycles. The Labute approximate surface area is 144 Å². The average molecular weight is 338 g/mol. The maximum Gasteiger partial charge on any atom is 0.336 e. The van der Waals surface area contributed by atoms with E-state index in [-0.39, 0.29) is 17.5 Å². The van der Waals surface area contributed by atoms with Gasteiger partial charge in [0.15, 0.2) is 0 Å². The molecule has 4 atom stereocenters. The zero-order chi connectivity index (χ0) is 17.6. The number of rotatable bonds is 3. The molecule has 2 aliphatic heterocycles. The van der Waals surface area contributed by atoms with E-state index in [1.165, 1.54) is 0 Å². The Morgan fingerprint density at radius 1 is 0.960 bits per heavy atom. The number of hydrogen-bond donors (Lipinski definition) is 4. The van der Waals surface area contributed by atoms with Crippen LogP contribution in [0.25, 0.3) is 0 Å². The largest absolute Gasteiger partial charge is 0.480 e. The monoisotopic (exact) mass is 338 g/mol. The van der Waals surface area contributed by atoms with Crippen molar-refractivity contribution in [2.75, 3.05) is 5.32 Å². The standard InChI is InChI=1S/C19H18N2O4/c22-18(23)12-7-2-1-6-11(12)16-17-13(9-15(21-16)19(24)25)10-5-3-4-8-14(10)20-17/h1-8,13,15-17,20-21H,9H2,(H,22,23)(H,24,25)/t13-,15+,16-,17+/m0/s1. The number of carboxylic acid groups (broad SMARTS) is 2. The summed E-state index contributed by atoms with van der Waals surface area (Å²) in [5, 5.41) is 25.7. The highest BCUT2D eigenvalue weighted by Gasteiger charge is 2.46. The third-order valence-electron chi connectivity index (χ3n) is 5.17. The van der Waals surface area contributed by atoms with Crippen LogP contribution in [0.2, 0.25) is 0 Å². The van der Waals surface area contributed by atoms with E-state index >= 15 is 0 Å². The van der Waals surface area contributed by atoms with Crippen LogP contribution in [-0.4, -0.2) is 34.2 Å². The molecule has 1 saturated heterocycles. The minimum Gasteiger partial charge on any atom is -0.480 e. The number of carboxylic acids is 2. The maximum absolute atomic E-state index is 11.7. The van der Waals surface area contributed by atoms with E-state index in [2.05, 4.69) is 10.6 Å². The first-order valence-electron chi connectivity index (χ1n) is 8.23. The molecule has 2 aromatic carbocycles. The van der Waals surface area contributed by atoms with Gasteiger partial charge in [0.2, 0.25) is 0 Å². The van der Waals surface area contributed by atoms with Crippen LogP contribution in [0.1, 0.15) is 39.9 Å². The van der Waals surface area contributed by atoms with Crippen molar-refractivity contribution in [2.45, 2.75) is 30.5 Å². The zero-order valence-corrected chi connectivity index (χ0v) is 13.3. The number of piperidine rings is 1. The van der Waals surface area contributed by atoms with Gasteiger partial charge in [0.05, 0.1) is 17.6 Å². The Hall–Kier alpha value is -2.86. The molecule has 4 N–H and O–H groups in total. The molecule has 0 bridgehead atoms. The van der Waals surface area contributed by atoms with Crippen LogP contribution >= 0.6 is 0 Å². The Morgan fingerprint density at radius 3 is 2.36 bits per heavy atom. The second-order valence-corrected chi connectivity index (χ2v) is 6.53. The molecule has 0 amide bonds. The van der Waals surface area contributed by atoms with Gasteiger partial charge in [0.25, 0.3) is 0 Å². The van der Waals surface area contributed by atoms with Crippen LogP contribution in [0.15, 0.2) is 48.5 Å². The number of aromatic carboxylic acids is 1. The molecule has 2 aromatic rings. The molecule has 4 rings (SSSR count). The highest BCUT2D eigenvalue weighted by molar-refractivity contribution is 5.89. The van der Waals surface area contributed by atoms with Crippen molar-refractivity contribution in [3.05, 3.63) is 65.2 Å². The summed E-state index contributed by atoms with van der Waals surface area (Å²) in [5.74, 6) is -1.91. The maximum atomic E-state index is 11.7. The summed E-state index contributed by atoms with van der Waals surface area (Å²) in [7, 11) is 0. The molecule has 0 spiro atoms. The topological polar surface area (TPSA) is 98.7 Å². The van der Waals surface area contributed by atoms with E-state index in [0.717, 1.165) is 11.3 Å². The molecule has 6 nitrogen and oxygen atoms in total. The Bertz CT molecular complexity index is 851. The van der Waals surface area contributed by atoms with Crippen LogP contribution in [0.5, 0.6) is 0 Å². The highest BCUT2D eigenvalue weighted by atomic mass is 16.4. The van der Waals surface area contributed by atoms with Gasteiger partial charge in [-0.15, -0.1) is 0 Å². The van der Waals surface area contributed by atoms with Gasteiger partial charge in [-0.1, -0.05) is 36.4 Å². The summed E-state index contributed by atoms with van der Waals surface area (Å²) >= 11 is 0. The number of aliphatic carboxylic acids is 1. The van der Waals surface area contributed by atoms with Gasteiger partial charge in [0.1, 0.15) is 6.04 Å². The summed E-state index contributed by atoms with van der Waals surface area (Å²) in [4.78, 5) is 23.3. The van der Waals surface area contributed by atoms with Crippen LogP contribution in [0.4, 0.5) is 5.69 Å². The lowest BCUT2D eigenvalue weighted by molar-refractivity contribution is -0.140. The van der Waals surface area contributed by atoms with Crippen molar-refractivity contribution < 1.29 is 19.8 Å². The smallest absolute Gasteiger partial charge is 0.336 e. The Balaban J connectivity index is 1.80. The van der Waals surface area contributed by atoms with Crippen LogP contribution in [-0.2, 0) is 4.79 Å². The molecule has 0 saturated carbocycles. The van der Waals surface area contributed by atoms with Gasteiger partial charge in [-0.25, -0.2) is 4.79 Å². The van der Waals surface area contributed by atoms with Gasteiger partial charge >= 0.3 is 11.9 Å². The van der Waals surface area contributed by atoms with Gasteiger partial charge in [-0.2, -0.15) is 0 Å². The van der Waals surface area contributed by atoms with E-state index < -0.39 is 24.0 Å². The molecule has 1 fully saturated rings. The second-order valence-electron chi connectivity index (χ2n) is 6.53. The lowest BCUT2D eigenvalue weighted by atomic mass is 9.78. The molecule has 128 valence electrons. The van der Waals surface area contributed by atoms with Crippen molar-refractivity contribution in [1.82, 2.24) is 5.32 Å². The Kier molecular flexibility index (Phi) is 3.69. The molecule has 25 heavy (non-hydrogen) atoms. The van der Waals surface area contributed by atoms with Gasteiger partial charge in [-0.05, 0) is 29.7 Å². The molecular weight excluding hydrogens is 320 g/mol. The molecule has 2 heterocycles. The predicted molar refractivity (Wildman–Crippen MR) is 91.9 cm³/mol. The first-order chi connectivity index (χ1) is 12.1. The average Bonchev–Trinajstić information content (AvgIpc) is 2.99. The minimum atomic E-state index is -1.01. The highest BCUT2D eigenvalue weighted by Crippen LogP contribution is 2.46. The van der Waals surface area contributed by atoms with Crippen molar-refractivity contribution in [3.63, 3.8) is 0 Å². The fourth-order valence-corrected chi connectivity index (χ4v) is 4.08. The number of para-hydroxylation sites is 1. The minimum absolute atomic E-state index is 0.0189. The normalized spacial score (nSPS) is 27.0. The molecule has 0 radical (unpaired) electrons. The molecule has 0 aliphatic carbocycles. The third-order valence-corrected chi connectivity index (χ3v) is 5.17. The van der Waals surface area contributed by atoms with Crippen molar-refractivity contribution in [2.24, 2.45) is 0 Å². The number of anilines is 1. The van der Waals surface area contributed by atoms with E-state index in [9.17, 15) is 19.8 Å². The quantitative estimate of drug-likeness (QED) is 0.686. The molecular formula is C19H18N2O4. The fourth-order valence-electron chi connectivity index (χ4n) is 4.08. The summed E-state index contributed by atoms with van der Waals surface area (Å²) in [5.41, 5.74) is 2.89. The van der Waals surface area contributed by atoms with E-state index in [1.54, 1.807) is 24.3 Å². The lowest BCUT2D eigenvalue weighted by Crippen LogP contribution is -2.52. The predicted octanol–water partition coefficient (Wildman–Crippen LogP) is 2.45. The number of benzene rings is 2. The van der Waals surface area contributed by atoms with Crippen LogP contribution in [0.3, 0.4) is 0 Å². The second kappa shape index (κ2) is 5.89. The summed E-state index contributed by atoms with van der Waals surface area (Å²) in [6, 6.07) is 13.4. The lowest BCUT2D eigenvalue weighted by Gasteiger charge is -2.39. The number of fused-ring (bicyclic) bond motifs is 3. The van der Waals surface area contributed by atoms with E-state index in [4.69, 9.17) is 0 Å². The van der Waals surface area contributed by atoms with E-state index in [1.807, 2.05) is 24.3 Å². The summed E-state index contributed by atoms with van der Waals surface area (Å²) in [6.07, 6.45) is 0.468. The van der Waals surface area contributed by atoms with Crippen molar-refractivity contribution in [3.8, 4) is 0 Å². The van der Waals surface area contributed by atoms with Crippen molar-refractivity contribution >= 4 is 17.6 Å². The first-order valence-corrected chi connectivity index (χ1v) is 8.23. The number of carbonyl (C=O) groups is 2. The summed E-state index contributed by atoms with van der Waals surface area (Å²) in [6.45, 7) is 0. The molecule has 6 heteroatoms. The third kappa shape index (κ3) is 2.55. The molecule has 0 unspecified atom stereocenters. The summed E-state index contributed by atoms with van der Waals surface area (Å²) < 4.78 is 0.